The molecule has 0 aliphatic carbocycles. The van der Waals surface area contributed by atoms with Crippen LogP contribution in [0.4, 0.5) is 0 Å². The van der Waals surface area contributed by atoms with E-state index in [0.29, 0.717) is 6.42 Å². The van der Waals surface area contributed by atoms with E-state index in [-0.39, 0.29) is 5.92 Å². The summed E-state index contributed by atoms with van der Waals surface area (Å²) in [6, 6.07) is 9.89. The van der Waals surface area contributed by atoms with Crippen LogP contribution < -0.4 is 0 Å². The monoisotopic (exact) mass is 191 g/mol. The van der Waals surface area contributed by atoms with Gasteiger partial charge in [-0.2, -0.15) is 0 Å². The van der Waals surface area contributed by atoms with E-state index in [9.17, 15) is 5.11 Å². The Bertz CT molecular complexity index is 334. The third-order valence-electron chi connectivity index (χ3n) is 2.36. The van der Waals surface area contributed by atoms with E-state index >= 15 is 0 Å². The highest BCUT2D eigenvalue weighted by Gasteiger charge is 2.23. The Morgan fingerprint density at radius 2 is 2.07 bits per heavy atom. The molecule has 0 bridgehead atoms. The molecule has 1 aliphatic heterocycles. The molecule has 0 aromatic heterocycles. The predicted octanol–water partition coefficient (Wildman–Crippen LogP) is 1.77. The summed E-state index contributed by atoms with van der Waals surface area (Å²) >= 11 is 0. The van der Waals surface area contributed by atoms with Crippen molar-refractivity contribution in [1.29, 1.82) is 0 Å². The molecular formula is C11H13NO2. The van der Waals surface area contributed by atoms with E-state index in [2.05, 4.69) is 5.16 Å². The SMILES string of the molecule is C[C@@H]1CC(O)ON=C1c1ccccc1. The first-order valence-electron chi connectivity index (χ1n) is 4.74. The van der Waals surface area contributed by atoms with Crippen molar-refractivity contribution >= 4 is 5.71 Å². The highest BCUT2D eigenvalue weighted by Crippen LogP contribution is 2.20. The van der Waals surface area contributed by atoms with Gasteiger partial charge in [-0.25, -0.2) is 0 Å². The van der Waals surface area contributed by atoms with Crippen LogP contribution in [-0.4, -0.2) is 17.1 Å². The first-order valence-corrected chi connectivity index (χ1v) is 4.74. The van der Waals surface area contributed by atoms with E-state index in [1.165, 1.54) is 0 Å². The molecule has 0 fully saturated rings. The lowest BCUT2D eigenvalue weighted by atomic mass is 9.95. The van der Waals surface area contributed by atoms with Gasteiger partial charge in [0.15, 0.2) is 0 Å². The molecule has 0 saturated heterocycles. The van der Waals surface area contributed by atoms with E-state index in [4.69, 9.17) is 4.84 Å². The lowest BCUT2D eigenvalue weighted by molar-refractivity contribution is -0.114. The molecule has 2 atom stereocenters. The summed E-state index contributed by atoms with van der Waals surface area (Å²) in [5, 5.41) is 13.1. The zero-order valence-corrected chi connectivity index (χ0v) is 8.05. The summed E-state index contributed by atoms with van der Waals surface area (Å²) in [7, 11) is 0. The Morgan fingerprint density at radius 1 is 1.36 bits per heavy atom. The molecular weight excluding hydrogens is 178 g/mol. The van der Waals surface area contributed by atoms with Crippen LogP contribution in [0.2, 0.25) is 0 Å². The number of nitrogens with zero attached hydrogens (tertiary/aromatic N) is 1. The second-order valence-electron chi connectivity index (χ2n) is 3.54. The Kier molecular flexibility index (Phi) is 2.50. The molecule has 1 aromatic rings. The highest BCUT2D eigenvalue weighted by atomic mass is 16.7. The van der Waals surface area contributed by atoms with Crippen LogP contribution in [0.3, 0.4) is 0 Å². The molecule has 0 amide bonds. The smallest absolute Gasteiger partial charge is 0.225 e. The molecule has 1 N–H and O–H groups in total. The number of aliphatic hydroxyl groups is 1. The maximum absolute atomic E-state index is 9.21. The van der Waals surface area contributed by atoms with Gasteiger partial charge in [-0.05, 0) is 5.56 Å². The average molecular weight is 191 g/mol. The second kappa shape index (κ2) is 3.80. The molecule has 1 unspecified atom stereocenters. The number of aliphatic hydroxyl groups excluding tert-OH is 1. The fourth-order valence-corrected chi connectivity index (χ4v) is 1.61. The summed E-state index contributed by atoms with van der Waals surface area (Å²) in [5.41, 5.74) is 1.97. The first-order chi connectivity index (χ1) is 6.77. The van der Waals surface area contributed by atoms with Crippen LogP contribution in [0, 0.1) is 5.92 Å². The fraction of sp³-hybridized carbons (Fsp3) is 0.364. The number of oxime groups is 1. The number of benzene rings is 1. The van der Waals surface area contributed by atoms with Crippen molar-refractivity contribution in [3.63, 3.8) is 0 Å². The molecule has 0 spiro atoms. The Morgan fingerprint density at radius 3 is 2.71 bits per heavy atom. The van der Waals surface area contributed by atoms with E-state index in [0.717, 1.165) is 11.3 Å². The van der Waals surface area contributed by atoms with Gasteiger partial charge < -0.3 is 9.94 Å². The Hall–Kier alpha value is -1.35. The second-order valence-corrected chi connectivity index (χ2v) is 3.54. The normalized spacial score (nSPS) is 26.6. The average Bonchev–Trinajstić information content (AvgIpc) is 2.19. The van der Waals surface area contributed by atoms with E-state index in [1.54, 1.807) is 0 Å². The molecule has 1 heterocycles. The summed E-state index contributed by atoms with van der Waals surface area (Å²) in [4.78, 5) is 4.86. The van der Waals surface area contributed by atoms with Crippen molar-refractivity contribution in [2.24, 2.45) is 11.1 Å². The minimum Gasteiger partial charge on any atom is -0.364 e. The van der Waals surface area contributed by atoms with Gasteiger partial charge in [-0.1, -0.05) is 42.4 Å². The molecule has 1 aliphatic rings. The van der Waals surface area contributed by atoms with Gasteiger partial charge in [0.1, 0.15) is 0 Å². The highest BCUT2D eigenvalue weighted by molar-refractivity contribution is 6.01. The van der Waals surface area contributed by atoms with Crippen molar-refractivity contribution in [2.45, 2.75) is 19.6 Å². The van der Waals surface area contributed by atoms with Gasteiger partial charge in [0, 0.05) is 12.3 Å². The Balaban J connectivity index is 2.27. The van der Waals surface area contributed by atoms with Gasteiger partial charge in [0.2, 0.25) is 6.29 Å². The van der Waals surface area contributed by atoms with Crippen LogP contribution in [0.25, 0.3) is 0 Å². The van der Waals surface area contributed by atoms with Crippen LogP contribution in [0.5, 0.6) is 0 Å². The third kappa shape index (κ3) is 1.77. The summed E-state index contributed by atoms with van der Waals surface area (Å²) < 4.78 is 0. The summed E-state index contributed by atoms with van der Waals surface area (Å²) in [6.07, 6.45) is -0.147. The van der Waals surface area contributed by atoms with Crippen LogP contribution >= 0.6 is 0 Å². The van der Waals surface area contributed by atoms with Crippen molar-refractivity contribution in [3.05, 3.63) is 35.9 Å². The van der Waals surface area contributed by atoms with Gasteiger partial charge in [-0.3, -0.25) is 0 Å². The Labute approximate surface area is 83.0 Å². The maximum atomic E-state index is 9.21. The van der Waals surface area contributed by atoms with Crippen molar-refractivity contribution in [2.75, 3.05) is 0 Å². The topological polar surface area (TPSA) is 41.8 Å². The molecule has 2 rings (SSSR count). The minimum atomic E-state index is -0.752. The molecule has 0 radical (unpaired) electrons. The van der Waals surface area contributed by atoms with Gasteiger partial charge in [-0.15, -0.1) is 0 Å². The van der Waals surface area contributed by atoms with Crippen LogP contribution in [-0.2, 0) is 4.84 Å². The number of hydrogen-bond acceptors (Lipinski definition) is 3. The quantitative estimate of drug-likeness (QED) is 0.735. The van der Waals surface area contributed by atoms with Crippen LogP contribution in [0.15, 0.2) is 35.5 Å². The molecule has 74 valence electrons. The van der Waals surface area contributed by atoms with Crippen LogP contribution in [0.1, 0.15) is 18.9 Å². The first kappa shape index (κ1) is 9.21. The summed E-state index contributed by atoms with van der Waals surface area (Å²) in [5.74, 6) is 0.237. The predicted molar refractivity (Wildman–Crippen MR) is 53.9 cm³/mol. The fourth-order valence-electron chi connectivity index (χ4n) is 1.61. The van der Waals surface area contributed by atoms with Crippen molar-refractivity contribution in [3.8, 4) is 0 Å². The van der Waals surface area contributed by atoms with Crippen molar-refractivity contribution < 1.29 is 9.94 Å². The molecule has 1 aromatic carbocycles. The molecule has 0 saturated carbocycles. The van der Waals surface area contributed by atoms with Gasteiger partial charge >= 0.3 is 0 Å². The van der Waals surface area contributed by atoms with Gasteiger partial charge in [0.25, 0.3) is 0 Å². The summed E-state index contributed by atoms with van der Waals surface area (Å²) in [6.45, 7) is 2.04. The van der Waals surface area contributed by atoms with E-state index < -0.39 is 6.29 Å². The lowest BCUT2D eigenvalue weighted by Gasteiger charge is -2.22. The lowest BCUT2D eigenvalue weighted by Crippen LogP contribution is -2.26. The molecule has 14 heavy (non-hydrogen) atoms. The zero-order chi connectivity index (χ0) is 9.97. The van der Waals surface area contributed by atoms with Gasteiger partial charge in [0.05, 0.1) is 5.71 Å². The number of rotatable bonds is 1. The molecule has 3 heteroatoms. The maximum Gasteiger partial charge on any atom is 0.225 e. The number of hydrogen-bond donors (Lipinski definition) is 1. The van der Waals surface area contributed by atoms with Crippen molar-refractivity contribution in [1.82, 2.24) is 0 Å². The largest absolute Gasteiger partial charge is 0.364 e. The van der Waals surface area contributed by atoms with E-state index in [1.807, 2.05) is 37.3 Å². The third-order valence-corrected chi connectivity index (χ3v) is 2.36. The zero-order valence-electron chi connectivity index (χ0n) is 8.05. The molecule has 3 nitrogen and oxygen atoms in total. The standard InChI is InChI=1S/C11H13NO2/c1-8-7-10(13)14-12-11(8)9-5-3-2-4-6-9/h2-6,8,10,13H,7H2,1H3/t8-,10?/m1/s1. The minimum absolute atomic E-state index is 0.237.